The average Bonchev–Trinajstić information content (AvgIpc) is 3.16. The number of amides is 1. The van der Waals surface area contributed by atoms with E-state index in [-0.39, 0.29) is 10.8 Å². The van der Waals surface area contributed by atoms with Crippen molar-refractivity contribution in [1.82, 2.24) is 19.4 Å². The maximum Gasteiger partial charge on any atom is 0.253 e. The van der Waals surface area contributed by atoms with Gasteiger partial charge in [-0.3, -0.25) is 9.89 Å². The van der Waals surface area contributed by atoms with Gasteiger partial charge in [-0.05, 0) is 37.5 Å². The van der Waals surface area contributed by atoms with Crippen molar-refractivity contribution in [2.24, 2.45) is 0 Å². The fourth-order valence-electron chi connectivity index (χ4n) is 3.62. The number of nitrogens with zero attached hydrogens (tertiary/aromatic N) is 3. The Balaban J connectivity index is 1.58. The molecular weight excluding hydrogens is 352 g/mol. The molecule has 7 nitrogen and oxygen atoms in total. The second kappa shape index (κ2) is 6.85. The zero-order valence-corrected chi connectivity index (χ0v) is 15.3. The molecule has 2 aliphatic heterocycles. The van der Waals surface area contributed by atoms with Gasteiger partial charge in [-0.15, -0.1) is 0 Å². The molecule has 4 rings (SSSR count). The minimum atomic E-state index is -3.65. The SMILES string of the molecule is O=C(c1cccc(S(=O)(=O)N2CCc3[nH]ncc3C2)c1)N1CCCCC1. The lowest BCUT2D eigenvalue weighted by atomic mass is 10.1. The van der Waals surface area contributed by atoms with Gasteiger partial charge in [0.05, 0.1) is 11.1 Å². The first-order valence-corrected chi connectivity index (χ1v) is 10.4. The fraction of sp³-hybridized carbons (Fsp3) is 0.444. The number of hydrogen-bond acceptors (Lipinski definition) is 4. The van der Waals surface area contributed by atoms with Crippen molar-refractivity contribution in [1.29, 1.82) is 0 Å². The summed E-state index contributed by atoms with van der Waals surface area (Å²) in [6.07, 6.45) is 5.44. The van der Waals surface area contributed by atoms with Gasteiger partial charge in [-0.2, -0.15) is 9.40 Å². The third-order valence-electron chi connectivity index (χ3n) is 5.13. The van der Waals surface area contributed by atoms with E-state index >= 15 is 0 Å². The zero-order valence-electron chi connectivity index (χ0n) is 14.5. The van der Waals surface area contributed by atoms with E-state index in [1.165, 1.54) is 10.4 Å². The summed E-state index contributed by atoms with van der Waals surface area (Å²) in [7, 11) is -3.65. The minimum absolute atomic E-state index is 0.0856. The Kier molecular flexibility index (Phi) is 4.54. The molecule has 0 aliphatic carbocycles. The van der Waals surface area contributed by atoms with E-state index in [0.29, 0.717) is 25.1 Å². The molecule has 0 spiro atoms. The third-order valence-corrected chi connectivity index (χ3v) is 6.97. The number of aromatic nitrogens is 2. The van der Waals surface area contributed by atoms with Crippen LogP contribution in [0.4, 0.5) is 0 Å². The summed E-state index contributed by atoms with van der Waals surface area (Å²) in [4.78, 5) is 14.7. The second-order valence-corrected chi connectivity index (χ2v) is 8.78. The van der Waals surface area contributed by atoms with Crippen LogP contribution in [0.25, 0.3) is 0 Å². The van der Waals surface area contributed by atoms with Gasteiger partial charge in [0.2, 0.25) is 10.0 Å². The predicted octanol–water partition coefficient (Wildman–Crippen LogP) is 1.78. The van der Waals surface area contributed by atoms with Crippen LogP contribution in [-0.4, -0.2) is 53.4 Å². The van der Waals surface area contributed by atoms with Crippen molar-refractivity contribution in [2.45, 2.75) is 37.1 Å². The molecule has 1 fully saturated rings. The molecule has 1 amide bonds. The van der Waals surface area contributed by atoms with E-state index < -0.39 is 10.0 Å². The predicted molar refractivity (Wildman–Crippen MR) is 96.1 cm³/mol. The highest BCUT2D eigenvalue weighted by Crippen LogP contribution is 2.25. The van der Waals surface area contributed by atoms with Crippen molar-refractivity contribution in [3.05, 3.63) is 47.3 Å². The molecule has 0 bridgehead atoms. The monoisotopic (exact) mass is 374 g/mol. The quantitative estimate of drug-likeness (QED) is 0.887. The van der Waals surface area contributed by atoms with E-state index in [1.807, 2.05) is 4.90 Å². The van der Waals surface area contributed by atoms with Crippen molar-refractivity contribution in [3.8, 4) is 0 Å². The summed E-state index contributed by atoms with van der Waals surface area (Å²) in [6.45, 7) is 2.19. The smallest absolute Gasteiger partial charge is 0.253 e. The van der Waals surface area contributed by atoms with Gasteiger partial charge in [-0.1, -0.05) is 6.07 Å². The third kappa shape index (κ3) is 3.14. The molecule has 8 heteroatoms. The van der Waals surface area contributed by atoms with E-state index in [0.717, 1.165) is 43.6 Å². The zero-order chi connectivity index (χ0) is 18.1. The van der Waals surface area contributed by atoms with E-state index in [2.05, 4.69) is 10.2 Å². The highest BCUT2D eigenvalue weighted by molar-refractivity contribution is 7.89. The number of benzene rings is 1. The summed E-state index contributed by atoms with van der Waals surface area (Å²) in [5.41, 5.74) is 2.33. The standard InChI is InChI=1S/C18H22N4O3S/c23-18(21-8-2-1-3-9-21)14-5-4-6-16(11-14)26(24,25)22-10-7-17-15(13-22)12-19-20-17/h4-6,11-12H,1-3,7-10,13H2,(H,19,20). The number of H-pyrrole nitrogens is 1. The number of piperidine rings is 1. The topological polar surface area (TPSA) is 86.4 Å². The molecule has 2 aromatic rings. The van der Waals surface area contributed by atoms with E-state index in [4.69, 9.17) is 0 Å². The summed E-state index contributed by atoms with van der Waals surface area (Å²) in [5.74, 6) is -0.0856. The Morgan fingerprint density at radius 2 is 1.92 bits per heavy atom. The van der Waals surface area contributed by atoms with Crippen LogP contribution in [-0.2, 0) is 23.0 Å². The molecule has 0 unspecified atom stereocenters. The van der Waals surface area contributed by atoms with Gasteiger partial charge in [0.15, 0.2) is 0 Å². The maximum absolute atomic E-state index is 13.0. The normalized spacial score (nSPS) is 18.5. The number of sulfonamides is 1. The van der Waals surface area contributed by atoms with Crippen LogP contribution >= 0.6 is 0 Å². The highest BCUT2D eigenvalue weighted by Gasteiger charge is 2.30. The lowest BCUT2D eigenvalue weighted by molar-refractivity contribution is 0.0724. The number of carbonyl (C=O) groups is 1. The Hall–Kier alpha value is -2.19. The number of aromatic amines is 1. The first-order valence-electron chi connectivity index (χ1n) is 8.96. The minimum Gasteiger partial charge on any atom is -0.339 e. The Morgan fingerprint density at radius 1 is 1.12 bits per heavy atom. The Morgan fingerprint density at radius 3 is 2.73 bits per heavy atom. The first kappa shape index (κ1) is 17.2. The molecule has 1 aromatic carbocycles. The molecule has 2 aliphatic rings. The van der Waals surface area contributed by atoms with Crippen molar-refractivity contribution in [3.63, 3.8) is 0 Å². The Labute approximate surface area is 153 Å². The number of nitrogens with one attached hydrogen (secondary N) is 1. The molecule has 3 heterocycles. The number of fused-ring (bicyclic) bond motifs is 1. The number of rotatable bonds is 3. The van der Waals surface area contributed by atoms with Crippen LogP contribution in [0.3, 0.4) is 0 Å². The lowest BCUT2D eigenvalue weighted by Gasteiger charge is -2.27. The number of likely N-dealkylation sites (tertiary alicyclic amines) is 1. The van der Waals surface area contributed by atoms with Crippen LogP contribution in [0.1, 0.15) is 40.9 Å². The second-order valence-electron chi connectivity index (χ2n) is 6.84. The maximum atomic E-state index is 13.0. The van der Waals surface area contributed by atoms with Gasteiger partial charge in [-0.25, -0.2) is 8.42 Å². The number of carbonyl (C=O) groups excluding carboxylic acids is 1. The van der Waals surface area contributed by atoms with E-state index in [1.54, 1.807) is 24.4 Å². The van der Waals surface area contributed by atoms with Crippen LogP contribution in [0.15, 0.2) is 35.4 Å². The van der Waals surface area contributed by atoms with E-state index in [9.17, 15) is 13.2 Å². The molecule has 1 aromatic heterocycles. The molecule has 138 valence electrons. The van der Waals surface area contributed by atoms with Crippen molar-refractivity contribution in [2.75, 3.05) is 19.6 Å². The van der Waals surface area contributed by atoms with Crippen molar-refractivity contribution < 1.29 is 13.2 Å². The summed E-state index contributed by atoms with van der Waals surface area (Å²) >= 11 is 0. The van der Waals surface area contributed by atoms with Gasteiger partial charge < -0.3 is 4.90 Å². The van der Waals surface area contributed by atoms with Crippen LogP contribution < -0.4 is 0 Å². The van der Waals surface area contributed by atoms with Gasteiger partial charge >= 0.3 is 0 Å². The molecule has 0 atom stereocenters. The lowest BCUT2D eigenvalue weighted by Crippen LogP contribution is -2.37. The van der Waals surface area contributed by atoms with Gasteiger partial charge in [0, 0.05) is 49.4 Å². The average molecular weight is 374 g/mol. The highest BCUT2D eigenvalue weighted by atomic mass is 32.2. The van der Waals surface area contributed by atoms with Gasteiger partial charge in [0.1, 0.15) is 0 Å². The number of hydrogen-bond donors (Lipinski definition) is 1. The summed E-state index contributed by atoms with van der Waals surface area (Å²) in [6, 6.07) is 6.42. The van der Waals surface area contributed by atoms with Crippen LogP contribution in [0, 0.1) is 0 Å². The molecule has 0 radical (unpaired) electrons. The first-order chi connectivity index (χ1) is 12.6. The summed E-state index contributed by atoms with van der Waals surface area (Å²) in [5, 5.41) is 6.89. The summed E-state index contributed by atoms with van der Waals surface area (Å²) < 4.78 is 27.5. The Bertz CT molecular complexity index is 916. The van der Waals surface area contributed by atoms with Crippen LogP contribution in [0.2, 0.25) is 0 Å². The fourth-order valence-corrected chi connectivity index (χ4v) is 5.08. The van der Waals surface area contributed by atoms with Gasteiger partial charge in [0.25, 0.3) is 5.91 Å². The molecular formula is C18H22N4O3S. The molecule has 26 heavy (non-hydrogen) atoms. The largest absolute Gasteiger partial charge is 0.339 e. The molecule has 1 saturated heterocycles. The molecule has 1 N–H and O–H groups in total. The van der Waals surface area contributed by atoms with Crippen LogP contribution in [0.5, 0.6) is 0 Å². The van der Waals surface area contributed by atoms with Crippen molar-refractivity contribution >= 4 is 15.9 Å². The molecule has 0 saturated carbocycles.